The van der Waals surface area contributed by atoms with E-state index in [9.17, 15) is 14.9 Å². The minimum Gasteiger partial charge on any atom is -0.299 e. The predicted octanol–water partition coefficient (Wildman–Crippen LogP) is 3.98. The van der Waals surface area contributed by atoms with Crippen molar-refractivity contribution in [3.8, 4) is 0 Å². The van der Waals surface area contributed by atoms with Gasteiger partial charge in [0.1, 0.15) is 5.78 Å². The molecule has 0 aliphatic rings. The van der Waals surface area contributed by atoms with Crippen LogP contribution in [0.15, 0.2) is 12.1 Å². The molecule has 1 rings (SSSR count). The average molecular weight is 276 g/mol. The molecule has 0 N–H and O–H groups in total. The summed E-state index contributed by atoms with van der Waals surface area (Å²) in [5.41, 5.74) is 0.130. The fraction of sp³-hybridized carbons (Fsp3) is 0.364. The third-order valence-corrected chi connectivity index (χ3v) is 3.29. The quantitative estimate of drug-likeness (QED) is 0.617. The van der Waals surface area contributed by atoms with E-state index < -0.39 is 10.8 Å². The van der Waals surface area contributed by atoms with Crippen LogP contribution in [0.3, 0.4) is 0 Å². The molecular weight excluding hydrogens is 265 g/mol. The van der Waals surface area contributed by atoms with Crippen molar-refractivity contribution in [3.05, 3.63) is 37.9 Å². The molecule has 0 radical (unpaired) electrons. The van der Waals surface area contributed by atoms with E-state index in [2.05, 4.69) is 0 Å². The maximum Gasteiger partial charge on any atom is 0.274 e. The van der Waals surface area contributed by atoms with Crippen LogP contribution >= 0.6 is 23.2 Å². The molecule has 0 bridgehead atoms. The van der Waals surface area contributed by atoms with Gasteiger partial charge in [-0.05, 0) is 6.07 Å². The van der Waals surface area contributed by atoms with Crippen molar-refractivity contribution in [1.82, 2.24) is 0 Å². The van der Waals surface area contributed by atoms with Crippen LogP contribution in [0.5, 0.6) is 0 Å². The number of carbonyl (C=O) groups is 1. The first-order chi connectivity index (χ1) is 7.88. The Kier molecular flexibility index (Phi) is 4.48. The van der Waals surface area contributed by atoms with Crippen molar-refractivity contribution < 1.29 is 9.72 Å². The Hall–Kier alpha value is -1.13. The van der Waals surface area contributed by atoms with E-state index in [4.69, 9.17) is 23.2 Å². The first kappa shape index (κ1) is 13.9. The van der Waals surface area contributed by atoms with Gasteiger partial charge >= 0.3 is 0 Å². The molecule has 17 heavy (non-hydrogen) atoms. The highest BCUT2D eigenvalue weighted by atomic mass is 35.5. The van der Waals surface area contributed by atoms with Crippen LogP contribution in [-0.4, -0.2) is 10.7 Å². The molecule has 0 aromatic heterocycles. The molecule has 0 fully saturated rings. The summed E-state index contributed by atoms with van der Waals surface area (Å²) in [6.45, 7) is 3.33. The van der Waals surface area contributed by atoms with Crippen LogP contribution in [0, 0.1) is 10.1 Å². The first-order valence-electron chi connectivity index (χ1n) is 5.04. The van der Waals surface area contributed by atoms with Crippen LogP contribution in [-0.2, 0) is 4.79 Å². The zero-order valence-corrected chi connectivity index (χ0v) is 10.9. The van der Waals surface area contributed by atoms with Crippen LogP contribution in [0.25, 0.3) is 0 Å². The lowest BCUT2D eigenvalue weighted by Crippen LogP contribution is -2.10. The standard InChI is InChI=1S/C11H11Cl2NO3/c1-3-11(15)6(2)7-4-8(12)9(13)5-10(7)14(16)17/h4-6H,3H2,1-2H3. The van der Waals surface area contributed by atoms with Gasteiger partial charge in [0.2, 0.25) is 0 Å². The van der Waals surface area contributed by atoms with Gasteiger partial charge in [-0.2, -0.15) is 0 Å². The highest BCUT2D eigenvalue weighted by Gasteiger charge is 2.24. The van der Waals surface area contributed by atoms with E-state index in [0.717, 1.165) is 0 Å². The van der Waals surface area contributed by atoms with Gasteiger partial charge in [-0.25, -0.2) is 0 Å². The van der Waals surface area contributed by atoms with Crippen molar-refractivity contribution in [3.63, 3.8) is 0 Å². The van der Waals surface area contributed by atoms with Crippen molar-refractivity contribution >= 4 is 34.7 Å². The van der Waals surface area contributed by atoms with E-state index in [1.165, 1.54) is 12.1 Å². The normalized spacial score (nSPS) is 12.2. The second-order valence-electron chi connectivity index (χ2n) is 3.62. The molecule has 0 spiro atoms. The monoisotopic (exact) mass is 275 g/mol. The Morgan fingerprint density at radius 3 is 2.41 bits per heavy atom. The number of ketones is 1. The average Bonchev–Trinajstić information content (AvgIpc) is 2.29. The van der Waals surface area contributed by atoms with Gasteiger partial charge in [-0.1, -0.05) is 37.0 Å². The SMILES string of the molecule is CCC(=O)C(C)c1cc(Cl)c(Cl)cc1[N+](=O)[O-]. The molecule has 0 saturated heterocycles. The fourth-order valence-corrected chi connectivity index (χ4v) is 1.87. The summed E-state index contributed by atoms with van der Waals surface area (Å²) in [7, 11) is 0. The number of nitro benzene ring substituents is 1. The molecule has 1 aromatic carbocycles. The minimum atomic E-state index is -0.560. The summed E-state index contributed by atoms with van der Waals surface area (Å²) in [6.07, 6.45) is 0.318. The number of nitro groups is 1. The van der Waals surface area contributed by atoms with Crippen LogP contribution in [0.1, 0.15) is 31.7 Å². The second-order valence-corrected chi connectivity index (χ2v) is 4.44. The number of carbonyl (C=O) groups excluding carboxylic acids is 1. The molecule has 92 valence electrons. The van der Waals surface area contributed by atoms with E-state index in [0.29, 0.717) is 12.0 Å². The van der Waals surface area contributed by atoms with Crippen molar-refractivity contribution in [1.29, 1.82) is 0 Å². The second kappa shape index (κ2) is 5.47. The maximum atomic E-state index is 11.6. The van der Waals surface area contributed by atoms with E-state index in [-0.39, 0.29) is 21.5 Å². The topological polar surface area (TPSA) is 60.2 Å². The van der Waals surface area contributed by atoms with Gasteiger partial charge in [0.05, 0.1) is 15.0 Å². The zero-order valence-electron chi connectivity index (χ0n) is 9.37. The molecule has 0 saturated carbocycles. The van der Waals surface area contributed by atoms with Crippen molar-refractivity contribution in [2.45, 2.75) is 26.2 Å². The van der Waals surface area contributed by atoms with Crippen LogP contribution in [0.4, 0.5) is 5.69 Å². The van der Waals surface area contributed by atoms with E-state index >= 15 is 0 Å². The summed E-state index contributed by atoms with van der Waals surface area (Å²) >= 11 is 11.5. The van der Waals surface area contributed by atoms with Crippen LogP contribution in [0.2, 0.25) is 10.0 Å². The molecule has 1 unspecified atom stereocenters. The third kappa shape index (κ3) is 2.96. The summed E-state index contributed by atoms with van der Waals surface area (Å²) < 4.78 is 0. The number of hydrogen-bond acceptors (Lipinski definition) is 3. The number of benzene rings is 1. The molecule has 1 atom stereocenters. The fourth-order valence-electron chi connectivity index (χ4n) is 1.54. The largest absolute Gasteiger partial charge is 0.299 e. The highest BCUT2D eigenvalue weighted by molar-refractivity contribution is 6.42. The zero-order chi connectivity index (χ0) is 13.2. The molecule has 0 aliphatic carbocycles. The number of rotatable bonds is 4. The Morgan fingerprint density at radius 1 is 1.41 bits per heavy atom. The van der Waals surface area contributed by atoms with Crippen LogP contribution < -0.4 is 0 Å². The predicted molar refractivity (Wildman–Crippen MR) is 66.8 cm³/mol. The first-order valence-corrected chi connectivity index (χ1v) is 5.80. The Balaban J connectivity index is 3.35. The Morgan fingerprint density at radius 2 is 1.94 bits per heavy atom. The van der Waals surface area contributed by atoms with E-state index in [1.807, 2.05) is 0 Å². The molecule has 1 aromatic rings. The lowest BCUT2D eigenvalue weighted by Gasteiger charge is -2.11. The van der Waals surface area contributed by atoms with Gasteiger partial charge in [0, 0.05) is 24.0 Å². The Labute approximate surface area is 109 Å². The van der Waals surface area contributed by atoms with Gasteiger partial charge in [0.25, 0.3) is 5.69 Å². The number of halogens is 2. The van der Waals surface area contributed by atoms with Crippen molar-refractivity contribution in [2.75, 3.05) is 0 Å². The smallest absolute Gasteiger partial charge is 0.274 e. The van der Waals surface area contributed by atoms with Gasteiger partial charge in [-0.15, -0.1) is 0 Å². The molecule has 0 amide bonds. The third-order valence-electron chi connectivity index (χ3n) is 2.56. The number of hydrogen-bond donors (Lipinski definition) is 0. The Bertz CT molecular complexity index is 474. The minimum absolute atomic E-state index is 0.0773. The summed E-state index contributed by atoms with van der Waals surface area (Å²) in [6, 6.07) is 2.57. The summed E-state index contributed by atoms with van der Waals surface area (Å²) in [4.78, 5) is 21.9. The molecule has 4 nitrogen and oxygen atoms in total. The van der Waals surface area contributed by atoms with Gasteiger partial charge in [0.15, 0.2) is 0 Å². The van der Waals surface area contributed by atoms with Gasteiger partial charge < -0.3 is 0 Å². The summed E-state index contributed by atoms with van der Waals surface area (Å²) in [5, 5.41) is 11.2. The molecule has 0 aliphatic heterocycles. The number of Topliss-reactive ketones (excluding diaryl/α,β-unsaturated/α-hetero) is 1. The van der Waals surface area contributed by atoms with Gasteiger partial charge in [-0.3, -0.25) is 14.9 Å². The molecule has 0 heterocycles. The number of nitrogens with zero attached hydrogens (tertiary/aromatic N) is 1. The lowest BCUT2D eigenvalue weighted by molar-refractivity contribution is -0.385. The summed E-state index contributed by atoms with van der Waals surface area (Å²) in [5.74, 6) is -0.637. The maximum absolute atomic E-state index is 11.6. The highest BCUT2D eigenvalue weighted by Crippen LogP contribution is 2.35. The molecular formula is C11H11Cl2NO3. The molecule has 6 heteroatoms. The van der Waals surface area contributed by atoms with E-state index in [1.54, 1.807) is 13.8 Å². The lowest BCUT2D eigenvalue weighted by atomic mass is 9.94. The van der Waals surface area contributed by atoms with Crippen molar-refractivity contribution in [2.24, 2.45) is 0 Å².